The van der Waals surface area contributed by atoms with Gasteiger partial charge in [-0.3, -0.25) is 0 Å². The number of pyridine rings is 1. The van der Waals surface area contributed by atoms with Gasteiger partial charge in [0, 0.05) is 25.0 Å². The van der Waals surface area contributed by atoms with E-state index < -0.39 is 0 Å². The van der Waals surface area contributed by atoms with Gasteiger partial charge in [-0.15, -0.1) is 0 Å². The van der Waals surface area contributed by atoms with Crippen LogP contribution < -0.4 is 4.57 Å². The molecule has 1 aromatic heterocycles. The molecule has 102 valence electrons. The second kappa shape index (κ2) is 10.1. The molecule has 0 aromatic carbocycles. The van der Waals surface area contributed by atoms with E-state index in [0.717, 1.165) is 0 Å². The maximum absolute atomic E-state index is 2.46. The molecule has 1 nitrogen and oxygen atoms in total. The van der Waals surface area contributed by atoms with Crippen LogP contribution in [0.3, 0.4) is 0 Å². The molecule has 0 spiro atoms. The second-order valence-corrected chi connectivity index (χ2v) is 5.26. The highest BCUT2D eigenvalue weighted by atomic mass is 14.9. The third-order valence-corrected chi connectivity index (χ3v) is 3.57. The molecule has 0 fully saturated rings. The molecule has 0 unspecified atom stereocenters. The van der Waals surface area contributed by atoms with E-state index in [1.165, 1.54) is 70.0 Å². The maximum atomic E-state index is 2.46. The Labute approximate surface area is 113 Å². The summed E-state index contributed by atoms with van der Waals surface area (Å²) in [6.07, 6.45) is 14.3. The smallest absolute Gasteiger partial charge is 0.181 e. The lowest BCUT2D eigenvalue weighted by Gasteiger charge is -2.04. The largest absolute Gasteiger partial charge is 0.202 e. The van der Waals surface area contributed by atoms with Gasteiger partial charge in [-0.2, -0.15) is 0 Å². The Balaban J connectivity index is 2.36. The van der Waals surface area contributed by atoms with Crippen molar-refractivity contribution in [3.05, 3.63) is 30.1 Å². The van der Waals surface area contributed by atoms with Crippen LogP contribution in [0.2, 0.25) is 0 Å². The van der Waals surface area contributed by atoms with Crippen molar-refractivity contribution in [2.75, 3.05) is 0 Å². The van der Waals surface area contributed by atoms with Gasteiger partial charge in [0.15, 0.2) is 11.9 Å². The molecule has 0 radical (unpaired) electrons. The molecule has 1 aromatic rings. The summed E-state index contributed by atoms with van der Waals surface area (Å²) in [5.74, 6) is 0. The van der Waals surface area contributed by atoms with Crippen molar-refractivity contribution >= 4 is 0 Å². The van der Waals surface area contributed by atoms with E-state index in [-0.39, 0.29) is 0 Å². The molecule has 0 N–H and O–H groups in total. The third kappa shape index (κ3) is 6.18. The minimum atomic E-state index is 1.20. The first-order valence-corrected chi connectivity index (χ1v) is 7.85. The van der Waals surface area contributed by atoms with Gasteiger partial charge in [-0.1, -0.05) is 52.0 Å². The lowest BCUT2D eigenvalue weighted by atomic mass is 10.1. The van der Waals surface area contributed by atoms with Crippen molar-refractivity contribution in [1.82, 2.24) is 0 Å². The molecule has 0 aliphatic rings. The van der Waals surface area contributed by atoms with Crippen LogP contribution in [0, 0.1) is 0 Å². The van der Waals surface area contributed by atoms with Crippen molar-refractivity contribution < 1.29 is 4.57 Å². The standard InChI is InChI=1S/C17H30N/c1-3-5-7-9-13-17-14-10-12-16-18(17)15-11-8-6-4-2/h10,12,14,16H,3-9,11,13,15H2,1-2H3/q+1. The number of rotatable bonds is 10. The monoisotopic (exact) mass is 248 g/mol. The summed E-state index contributed by atoms with van der Waals surface area (Å²) < 4.78 is 2.46. The number of nitrogens with zero attached hydrogens (tertiary/aromatic N) is 1. The average Bonchev–Trinajstić information content (AvgIpc) is 2.41. The molecule has 0 atom stereocenters. The fourth-order valence-electron chi connectivity index (χ4n) is 2.40. The van der Waals surface area contributed by atoms with Crippen LogP contribution in [0.4, 0.5) is 0 Å². The van der Waals surface area contributed by atoms with Crippen molar-refractivity contribution in [1.29, 1.82) is 0 Å². The van der Waals surface area contributed by atoms with Gasteiger partial charge >= 0.3 is 0 Å². The third-order valence-electron chi connectivity index (χ3n) is 3.57. The fourth-order valence-corrected chi connectivity index (χ4v) is 2.40. The van der Waals surface area contributed by atoms with Crippen LogP contribution >= 0.6 is 0 Å². The van der Waals surface area contributed by atoms with E-state index in [1.807, 2.05) is 0 Å². The normalized spacial score (nSPS) is 10.8. The van der Waals surface area contributed by atoms with Crippen LogP contribution in [0.25, 0.3) is 0 Å². The lowest BCUT2D eigenvalue weighted by Crippen LogP contribution is -2.37. The van der Waals surface area contributed by atoms with Crippen LogP contribution in [0.1, 0.15) is 70.9 Å². The molecule has 0 bridgehead atoms. The number of aromatic nitrogens is 1. The van der Waals surface area contributed by atoms with E-state index in [9.17, 15) is 0 Å². The average molecular weight is 248 g/mol. The van der Waals surface area contributed by atoms with E-state index in [0.29, 0.717) is 0 Å². The van der Waals surface area contributed by atoms with Crippen molar-refractivity contribution in [3.8, 4) is 0 Å². The first-order valence-electron chi connectivity index (χ1n) is 7.85. The zero-order valence-electron chi connectivity index (χ0n) is 12.3. The Morgan fingerprint density at radius 2 is 1.56 bits per heavy atom. The van der Waals surface area contributed by atoms with Gasteiger partial charge in [-0.05, 0) is 12.8 Å². The summed E-state index contributed by atoms with van der Waals surface area (Å²) in [4.78, 5) is 0. The van der Waals surface area contributed by atoms with Gasteiger partial charge in [0.1, 0.15) is 6.54 Å². The summed E-state index contributed by atoms with van der Waals surface area (Å²) >= 11 is 0. The summed E-state index contributed by atoms with van der Waals surface area (Å²) in [7, 11) is 0. The number of hydrogen-bond acceptors (Lipinski definition) is 0. The molecule has 0 saturated heterocycles. The Bertz CT molecular complexity index is 275. The van der Waals surface area contributed by atoms with Gasteiger partial charge in [0.2, 0.25) is 0 Å². The molecule has 0 amide bonds. The topological polar surface area (TPSA) is 3.88 Å². The summed E-state index contributed by atoms with van der Waals surface area (Å²) in [5, 5.41) is 0. The van der Waals surface area contributed by atoms with E-state index in [4.69, 9.17) is 0 Å². The molecule has 1 heterocycles. The van der Waals surface area contributed by atoms with Crippen molar-refractivity contribution in [3.63, 3.8) is 0 Å². The highest BCUT2D eigenvalue weighted by molar-refractivity contribution is 4.97. The predicted molar refractivity (Wildman–Crippen MR) is 78.6 cm³/mol. The maximum Gasteiger partial charge on any atom is 0.181 e. The lowest BCUT2D eigenvalue weighted by molar-refractivity contribution is -0.704. The van der Waals surface area contributed by atoms with Gasteiger partial charge in [0.05, 0.1) is 0 Å². The molecule has 0 saturated carbocycles. The molecule has 0 aliphatic carbocycles. The SMILES string of the molecule is CCCCCCc1cccc[n+]1CCCCCC. The van der Waals surface area contributed by atoms with Crippen LogP contribution in [0.15, 0.2) is 24.4 Å². The molecular formula is C17H30N+. The van der Waals surface area contributed by atoms with Gasteiger partial charge < -0.3 is 0 Å². The molecule has 0 aliphatic heterocycles. The Morgan fingerprint density at radius 3 is 2.28 bits per heavy atom. The summed E-state index contributed by atoms with van der Waals surface area (Å²) in [6, 6.07) is 6.64. The molecule has 18 heavy (non-hydrogen) atoms. The Kier molecular flexibility index (Phi) is 8.54. The Morgan fingerprint density at radius 1 is 0.833 bits per heavy atom. The van der Waals surface area contributed by atoms with Crippen LogP contribution in [-0.2, 0) is 13.0 Å². The minimum Gasteiger partial charge on any atom is -0.202 e. The zero-order chi connectivity index (χ0) is 13.1. The predicted octanol–water partition coefficient (Wildman–Crippen LogP) is 4.68. The summed E-state index contributed by atoms with van der Waals surface area (Å²) in [5.41, 5.74) is 1.52. The van der Waals surface area contributed by atoms with Crippen LogP contribution in [-0.4, -0.2) is 0 Å². The van der Waals surface area contributed by atoms with Gasteiger partial charge in [-0.25, -0.2) is 4.57 Å². The Hall–Kier alpha value is -0.850. The fraction of sp³-hybridized carbons (Fsp3) is 0.706. The highest BCUT2D eigenvalue weighted by Gasteiger charge is 2.08. The first kappa shape index (κ1) is 15.2. The summed E-state index contributed by atoms with van der Waals surface area (Å²) in [6.45, 7) is 5.75. The molecule has 1 rings (SSSR count). The highest BCUT2D eigenvalue weighted by Crippen LogP contribution is 2.05. The quantitative estimate of drug-likeness (QED) is 0.418. The first-order chi connectivity index (χ1) is 8.88. The van der Waals surface area contributed by atoms with Crippen LogP contribution in [0.5, 0.6) is 0 Å². The minimum absolute atomic E-state index is 1.20. The van der Waals surface area contributed by atoms with E-state index >= 15 is 0 Å². The van der Waals surface area contributed by atoms with Crippen molar-refractivity contribution in [2.45, 2.75) is 78.2 Å². The molecule has 1 heteroatoms. The second-order valence-electron chi connectivity index (χ2n) is 5.26. The number of unbranched alkanes of at least 4 members (excludes halogenated alkanes) is 6. The van der Waals surface area contributed by atoms with E-state index in [1.54, 1.807) is 0 Å². The number of aryl methyl sites for hydroxylation is 2. The van der Waals surface area contributed by atoms with Crippen molar-refractivity contribution in [2.24, 2.45) is 0 Å². The number of hydrogen-bond donors (Lipinski definition) is 0. The van der Waals surface area contributed by atoms with Gasteiger partial charge in [0.25, 0.3) is 0 Å². The zero-order valence-corrected chi connectivity index (χ0v) is 12.3. The molecular weight excluding hydrogens is 218 g/mol. The van der Waals surface area contributed by atoms with E-state index in [2.05, 4.69) is 42.8 Å².